The number of benzene rings is 2. The van der Waals surface area contributed by atoms with Gasteiger partial charge in [0.05, 0.1) is 43.8 Å². The highest BCUT2D eigenvalue weighted by Gasteiger charge is 2.28. The number of nitrogens with zero attached hydrogens (tertiary/aromatic N) is 2. The third-order valence-electron chi connectivity index (χ3n) is 6.71. The van der Waals surface area contributed by atoms with Crippen LogP contribution in [0, 0.1) is 0 Å². The normalized spacial score (nSPS) is 23.3. The minimum Gasteiger partial charge on any atom is -0.390 e. The van der Waals surface area contributed by atoms with Crippen molar-refractivity contribution >= 4 is 34.0 Å². The lowest BCUT2D eigenvalue weighted by atomic mass is 9.94. The topological polar surface area (TPSA) is 113 Å². The van der Waals surface area contributed by atoms with E-state index in [0.717, 1.165) is 35.6 Å². The summed E-state index contributed by atoms with van der Waals surface area (Å²) in [4.78, 5) is 32.0. The summed E-state index contributed by atoms with van der Waals surface area (Å²) in [5, 5.41) is 17.9. The van der Waals surface area contributed by atoms with Crippen molar-refractivity contribution in [2.75, 3.05) is 43.1 Å². The number of carbonyl (C=O) groups is 2. The Bertz CT molecular complexity index is 1290. The molecule has 2 amide bonds. The Kier molecular flexibility index (Phi) is 8.04. The number of hydrogen-bond acceptors (Lipinski definition) is 8. The quantitative estimate of drug-likeness (QED) is 0.425. The second kappa shape index (κ2) is 11.6. The minimum atomic E-state index is -0.587. The molecular weight excluding hydrogens is 504 g/mol. The van der Waals surface area contributed by atoms with Gasteiger partial charge in [-0.2, -0.15) is 0 Å². The van der Waals surface area contributed by atoms with Crippen molar-refractivity contribution in [1.29, 1.82) is 0 Å². The Morgan fingerprint density at radius 1 is 1.11 bits per heavy atom. The Balaban J connectivity index is 1.16. The number of hydrogen-bond donors (Lipinski definition) is 3. The number of anilines is 2. The van der Waals surface area contributed by atoms with E-state index in [-0.39, 0.29) is 43.1 Å². The molecule has 3 aromatic rings. The van der Waals surface area contributed by atoms with Gasteiger partial charge in [0.2, 0.25) is 5.91 Å². The molecule has 0 saturated carbocycles. The molecule has 2 aliphatic heterocycles. The van der Waals surface area contributed by atoms with Gasteiger partial charge in [0.1, 0.15) is 0 Å². The maximum Gasteiger partial charge on any atom is 0.251 e. The molecule has 5 rings (SSSR count). The molecule has 2 aliphatic rings. The van der Waals surface area contributed by atoms with Crippen LogP contribution in [0.1, 0.15) is 35.7 Å². The van der Waals surface area contributed by atoms with Crippen molar-refractivity contribution in [1.82, 2.24) is 10.3 Å². The highest BCUT2D eigenvalue weighted by atomic mass is 32.1. The maximum absolute atomic E-state index is 12.6. The molecule has 3 N–H and O–H groups in total. The molecule has 2 aromatic carbocycles. The van der Waals surface area contributed by atoms with Crippen LogP contribution in [0.2, 0.25) is 0 Å². The zero-order valence-corrected chi connectivity index (χ0v) is 22.2. The summed E-state index contributed by atoms with van der Waals surface area (Å²) in [6, 6.07) is 15.3. The number of nitrogens with one attached hydrogen (secondary N) is 2. The minimum absolute atomic E-state index is 0.160. The predicted molar refractivity (Wildman–Crippen MR) is 147 cm³/mol. The number of carbonyl (C=O) groups excluding carboxylic acids is 2. The smallest absolute Gasteiger partial charge is 0.251 e. The van der Waals surface area contributed by atoms with Gasteiger partial charge in [0.25, 0.3) is 5.91 Å². The fourth-order valence-corrected chi connectivity index (χ4v) is 5.65. The van der Waals surface area contributed by atoms with Gasteiger partial charge in [-0.15, -0.1) is 11.3 Å². The number of rotatable bonds is 7. The van der Waals surface area contributed by atoms with Crippen LogP contribution >= 0.6 is 11.3 Å². The van der Waals surface area contributed by atoms with E-state index in [4.69, 9.17) is 9.47 Å². The summed E-state index contributed by atoms with van der Waals surface area (Å²) >= 11 is 1.34. The molecule has 2 saturated heterocycles. The van der Waals surface area contributed by atoms with Gasteiger partial charge in [-0.3, -0.25) is 9.59 Å². The predicted octanol–water partition coefficient (Wildman–Crippen LogP) is 3.27. The van der Waals surface area contributed by atoms with Crippen molar-refractivity contribution in [3.63, 3.8) is 0 Å². The summed E-state index contributed by atoms with van der Waals surface area (Å²) in [6.45, 7) is 6.35. The lowest BCUT2D eigenvalue weighted by Gasteiger charge is -2.37. The zero-order chi connectivity index (χ0) is 26.6. The molecule has 3 heterocycles. The molecule has 200 valence electrons. The molecule has 2 fully saturated rings. The fourth-order valence-electron chi connectivity index (χ4n) is 4.91. The van der Waals surface area contributed by atoms with Gasteiger partial charge in [-0.25, -0.2) is 4.98 Å². The van der Waals surface area contributed by atoms with Gasteiger partial charge in [0, 0.05) is 41.2 Å². The van der Waals surface area contributed by atoms with E-state index < -0.39 is 6.10 Å². The van der Waals surface area contributed by atoms with Gasteiger partial charge >= 0.3 is 0 Å². The highest BCUT2D eigenvalue weighted by molar-refractivity contribution is 7.14. The van der Waals surface area contributed by atoms with Crippen LogP contribution in [0.15, 0.2) is 53.9 Å². The van der Waals surface area contributed by atoms with Crippen molar-refractivity contribution in [2.24, 2.45) is 0 Å². The third-order valence-corrected chi connectivity index (χ3v) is 7.47. The first kappa shape index (κ1) is 26.3. The largest absolute Gasteiger partial charge is 0.390 e. The van der Waals surface area contributed by atoms with Crippen LogP contribution in [0.5, 0.6) is 0 Å². The van der Waals surface area contributed by atoms with E-state index in [2.05, 4.69) is 46.5 Å². The number of ether oxygens (including phenoxy) is 2. The summed E-state index contributed by atoms with van der Waals surface area (Å²) in [6.07, 6.45) is -0.248. The number of morpholine rings is 1. The van der Waals surface area contributed by atoms with Crippen LogP contribution in [0.25, 0.3) is 11.3 Å². The monoisotopic (exact) mass is 536 g/mol. The number of thiazole rings is 1. The van der Waals surface area contributed by atoms with E-state index in [0.29, 0.717) is 17.3 Å². The molecule has 0 aliphatic carbocycles. The average Bonchev–Trinajstić information content (AvgIpc) is 3.56. The average molecular weight is 537 g/mol. The van der Waals surface area contributed by atoms with E-state index in [1.54, 1.807) is 18.2 Å². The number of aliphatic hydroxyl groups excluding tert-OH is 1. The summed E-state index contributed by atoms with van der Waals surface area (Å²) in [5.41, 5.74) is 4.13. The molecule has 0 spiro atoms. The van der Waals surface area contributed by atoms with E-state index >= 15 is 0 Å². The van der Waals surface area contributed by atoms with Gasteiger partial charge in [-0.05, 0) is 43.7 Å². The summed E-state index contributed by atoms with van der Waals surface area (Å²) < 4.78 is 11.2. The first-order chi connectivity index (χ1) is 18.4. The number of aromatic nitrogens is 1. The van der Waals surface area contributed by atoms with Crippen molar-refractivity contribution in [3.05, 3.63) is 65.0 Å². The molecule has 4 atom stereocenters. The van der Waals surface area contributed by atoms with Crippen molar-refractivity contribution < 1.29 is 24.2 Å². The third kappa shape index (κ3) is 6.21. The lowest BCUT2D eigenvalue weighted by molar-refractivity contribution is -0.115. The Morgan fingerprint density at radius 3 is 2.66 bits per heavy atom. The molecule has 0 unspecified atom stereocenters. The maximum atomic E-state index is 12.6. The summed E-state index contributed by atoms with van der Waals surface area (Å²) in [7, 11) is 0. The van der Waals surface area contributed by atoms with E-state index in [1.807, 2.05) is 23.6 Å². The van der Waals surface area contributed by atoms with Crippen LogP contribution in [0.4, 0.5) is 10.8 Å². The summed E-state index contributed by atoms with van der Waals surface area (Å²) in [5.74, 6) is -0.884. The second-order valence-corrected chi connectivity index (χ2v) is 10.7. The fraction of sp³-hybridized carbons (Fsp3) is 0.393. The first-order valence-corrected chi connectivity index (χ1v) is 13.6. The second-order valence-electron chi connectivity index (χ2n) is 9.82. The van der Waals surface area contributed by atoms with Gasteiger partial charge in [0.15, 0.2) is 5.13 Å². The molecule has 0 radical (unpaired) electrons. The Hall–Kier alpha value is -3.31. The molecular formula is C28H32N4O5S. The van der Waals surface area contributed by atoms with E-state index in [1.165, 1.54) is 11.3 Å². The van der Waals surface area contributed by atoms with Gasteiger partial charge < -0.3 is 30.1 Å². The molecule has 9 nitrogen and oxygen atoms in total. The number of aliphatic hydroxyl groups is 1. The Labute approximate surface area is 225 Å². The molecule has 10 heteroatoms. The Morgan fingerprint density at radius 2 is 1.89 bits per heavy atom. The zero-order valence-electron chi connectivity index (χ0n) is 21.4. The lowest BCUT2D eigenvalue weighted by Crippen LogP contribution is -2.45. The van der Waals surface area contributed by atoms with Crippen LogP contribution in [-0.2, 0) is 14.3 Å². The van der Waals surface area contributed by atoms with Crippen molar-refractivity contribution in [3.8, 4) is 11.3 Å². The van der Waals surface area contributed by atoms with Crippen LogP contribution < -0.4 is 15.5 Å². The van der Waals surface area contributed by atoms with E-state index in [9.17, 15) is 14.7 Å². The molecule has 1 aromatic heterocycles. The SMILES string of the molecule is C[C@@H]1CN(c2cccc(-c3csc(NC(=O)CNC(=O)c4cccc([C@H]5COC[C@@H]5O)c4)n3)c2)C[C@H](C)O1. The van der Waals surface area contributed by atoms with Crippen LogP contribution in [0.3, 0.4) is 0 Å². The highest BCUT2D eigenvalue weighted by Crippen LogP contribution is 2.29. The van der Waals surface area contributed by atoms with Crippen LogP contribution in [-0.4, -0.2) is 73.1 Å². The standard InChI is InChI=1S/C28H32N4O5S/c1-17-12-32(13-18(2)37-17)22-8-4-6-20(10-22)24-16-38-28(30-24)31-26(34)11-29-27(35)21-7-3-5-19(9-21)23-14-36-15-25(23)33/h3-10,16-18,23,25,33H,11-15H2,1-2H3,(H,29,35)(H,30,31,34)/t17-,18+,23-,25+/m1/s1. The molecule has 0 bridgehead atoms. The number of amides is 2. The van der Waals surface area contributed by atoms with Crippen molar-refractivity contribution in [2.45, 2.75) is 38.1 Å². The molecule has 38 heavy (non-hydrogen) atoms. The first-order valence-electron chi connectivity index (χ1n) is 12.8. The van der Waals surface area contributed by atoms with Gasteiger partial charge in [-0.1, -0.05) is 24.3 Å².